The van der Waals surface area contributed by atoms with Crippen molar-refractivity contribution in [3.05, 3.63) is 101 Å². The average Bonchev–Trinajstić information content (AvgIpc) is 2.77. The molecule has 0 atom stereocenters. The number of aliphatic hydroxyl groups excluding tert-OH is 1. The van der Waals surface area contributed by atoms with Gasteiger partial charge in [0.15, 0.2) is 0 Å². The molecule has 0 amide bonds. The smallest absolute Gasteiger partial charge is 0.115 e. The second kappa shape index (κ2) is 10.2. The van der Waals surface area contributed by atoms with E-state index in [4.69, 9.17) is 0 Å². The van der Waals surface area contributed by atoms with Crippen molar-refractivity contribution >= 4 is 11.1 Å². The maximum Gasteiger partial charge on any atom is 0.115 e. The summed E-state index contributed by atoms with van der Waals surface area (Å²) in [6, 6.07) is 27.5. The number of aromatic hydroxyl groups is 1. The number of benzene rings is 3. The Kier molecular flexibility index (Phi) is 7.09. The summed E-state index contributed by atoms with van der Waals surface area (Å²) in [6.07, 6.45) is 1.49. The zero-order valence-electron chi connectivity index (χ0n) is 19.0. The first-order valence-electron chi connectivity index (χ1n) is 11.6. The Morgan fingerprint density at radius 3 is 2.00 bits per heavy atom. The molecule has 4 rings (SSSR count). The van der Waals surface area contributed by atoms with Crippen LogP contribution >= 0.6 is 0 Å². The van der Waals surface area contributed by atoms with Crippen LogP contribution in [0.3, 0.4) is 0 Å². The van der Waals surface area contributed by atoms with Crippen LogP contribution in [0.5, 0.6) is 5.75 Å². The fraction of sp³-hybridized carbons (Fsp3) is 0.310. The molecule has 3 aromatic rings. The van der Waals surface area contributed by atoms with Crippen molar-refractivity contribution in [3.8, 4) is 5.75 Å². The van der Waals surface area contributed by atoms with Gasteiger partial charge in [-0.15, -0.1) is 0 Å². The number of phenolic OH excluding ortho intramolecular Hbond substituents is 1. The van der Waals surface area contributed by atoms with Crippen molar-refractivity contribution in [2.24, 2.45) is 0 Å². The van der Waals surface area contributed by atoms with Crippen molar-refractivity contribution < 1.29 is 10.2 Å². The SMILES string of the molecule is CC(C)N1CC(c2ccc(C(=C(CCCO)c3ccccc3)c3ccc(O)cc3)cc2)C1. The molecule has 1 heterocycles. The standard InChI is InChI=1S/C29H33NO2/c1-21(2)30-19-26(20-30)22-10-12-24(13-11-22)29(25-14-16-27(32)17-15-25)28(9-6-18-31)23-7-4-3-5-8-23/h3-5,7-8,10-17,21,26,31-32H,6,9,18-20H2,1-2H3. The Hall–Kier alpha value is -2.88. The molecule has 1 fully saturated rings. The number of likely N-dealkylation sites (tertiary alicyclic amines) is 1. The van der Waals surface area contributed by atoms with Crippen molar-refractivity contribution in [2.75, 3.05) is 19.7 Å². The summed E-state index contributed by atoms with van der Waals surface area (Å²) in [6.45, 7) is 6.93. The minimum Gasteiger partial charge on any atom is -0.508 e. The van der Waals surface area contributed by atoms with Gasteiger partial charge in [-0.3, -0.25) is 4.90 Å². The van der Waals surface area contributed by atoms with E-state index in [0.717, 1.165) is 36.2 Å². The third-order valence-electron chi connectivity index (χ3n) is 6.48. The Labute approximate surface area is 191 Å². The van der Waals surface area contributed by atoms with Gasteiger partial charge in [0.05, 0.1) is 0 Å². The Morgan fingerprint density at radius 1 is 0.844 bits per heavy atom. The summed E-state index contributed by atoms with van der Waals surface area (Å²) < 4.78 is 0. The lowest BCUT2D eigenvalue weighted by Gasteiger charge is -2.42. The van der Waals surface area contributed by atoms with Crippen LogP contribution in [0, 0.1) is 0 Å². The van der Waals surface area contributed by atoms with Crippen LogP contribution in [0.15, 0.2) is 78.9 Å². The summed E-state index contributed by atoms with van der Waals surface area (Å²) >= 11 is 0. The molecule has 3 nitrogen and oxygen atoms in total. The lowest BCUT2D eigenvalue weighted by molar-refractivity contribution is 0.110. The molecule has 1 aliphatic rings. The van der Waals surface area contributed by atoms with E-state index in [1.807, 2.05) is 18.2 Å². The van der Waals surface area contributed by atoms with Crippen LogP contribution in [0.1, 0.15) is 54.9 Å². The van der Waals surface area contributed by atoms with Gasteiger partial charge in [-0.25, -0.2) is 0 Å². The van der Waals surface area contributed by atoms with Gasteiger partial charge in [0, 0.05) is 31.7 Å². The number of phenols is 1. The van der Waals surface area contributed by atoms with E-state index in [0.29, 0.717) is 18.4 Å². The maximum absolute atomic E-state index is 9.84. The van der Waals surface area contributed by atoms with Crippen LogP contribution in [-0.4, -0.2) is 40.9 Å². The highest BCUT2D eigenvalue weighted by molar-refractivity contribution is 5.98. The molecule has 0 aromatic heterocycles. The zero-order valence-corrected chi connectivity index (χ0v) is 19.0. The first-order chi connectivity index (χ1) is 15.6. The highest BCUT2D eigenvalue weighted by Crippen LogP contribution is 2.37. The van der Waals surface area contributed by atoms with E-state index < -0.39 is 0 Å². The third kappa shape index (κ3) is 4.95. The Morgan fingerprint density at radius 2 is 1.44 bits per heavy atom. The highest BCUT2D eigenvalue weighted by atomic mass is 16.3. The molecule has 0 unspecified atom stereocenters. The van der Waals surface area contributed by atoms with Crippen LogP contribution < -0.4 is 0 Å². The van der Waals surface area contributed by atoms with Crippen molar-refractivity contribution in [3.63, 3.8) is 0 Å². The number of allylic oxidation sites excluding steroid dienone is 1. The monoisotopic (exact) mass is 427 g/mol. The third-order valence-corrected chi connectivity index (χ3v) is 6.48. The molecular weight excluding hydrogens is 394 g/mol. The van der Waals surface area contributed by atoms with Gasteiger partial charge in [0.2, 0.25) is 0 Å². The second-order valence-corrected chi connectivity index (χ2v) is 8.96. The number of hydrogen-bond acceptors (Lipinski definition) is 3. The Balaban J connectivity index is 1.75. The largest absolute Gasteiger partial charge is 0.508 e. The van der Waals surface area contributed by atoms with Crippen LogP contribution in [0.4, 0.5) is 0 Å². The van der Waals surface area contributed by atoms with E-state index in [2.05, 4.69) is 67.3 Å². The number of aliphatic hydroxyl groups is 1. The van der Waals surface area contributed by atoms with E-state index in [1.165, 1.54) is 16.7 Å². The quantitative estimate of drug-likeness (QED) is 0.438. The molecule has 1 aliphatic heterocycles. The van der Waals surface area contributed by atoms with Crippen molar-refractivity contribution in [1.29, 1.82) is 0 Å². The predicted octanol–water partition coefficient (Wildman–Crippen LogP) is 5.93. The van der Waals surface area contributed by atoms with E-state index >= 15 is 0 Å². The van der Waals surface area contributed by atoms with Gasteiger partial charge < -0.3 is 10.2 Å². The molecule has 32 heavy (non-hydrogen) atoms. The molecule has 1 saturated heterocycles. The molecule has 0 saturated carbocycles. The molecule has 0 spiro atoms. The van der Waals surface area contributed by atoms with Gasteiger partial charge in [0.25, 0.3) is 0 Å². The lowest BCUT2D eigenvalue weighted by atomic mass is 9.85. The summed E-state index contributed by atoms with van der Waals surface area (Å²) in [4.78, 5) is 2.50. The van der Waals surface area contributed by atoms with Gasteiger partial charge in [0.1, 0.15) is 5.75 Å². The first-order valence-corrected chi connectivity index (χ1v) is 11.6. The number of nitrogens with zero attached hydrogens (tertiary/aromatic N) is 1. The van der Waals surface area contributed by atoms with Crippen molar-refractivity contribution in [2.45, 2.75) is 38.6 Å². The van der Waals surface area contributed by atoms with E-state index in [9.17, 15) is 10.2 Å². The minimum atomic E-state index is 0.159. The molecule has 2 N–H and O–H groups in total. The molecule has 0 bridgehead atoms. The van der Waals surface area contributed by atoms with E-state index in [-0.39, 0.29) is 12.4 Å². The molecule has 0 aliphatic carbocycles. The van der Waals surface area contributed by atoms with Gasteiger partial charge in [-0.2, -0.15) is 0 Å². The molecule has 0 radical (unpaired) electrons. The second-order valence-electron chi connectivity index (χ2n) is 8.96. The molecule has 3 heteroatoms. The highest BCUT2D eigenvalue weighted by Gasteiger charge is 2.29. The van der Waals surface area contributed by atoms with Crippen molar-refractivity contribution in [1.82, 2.24) is 4.90 Å². The number of hydrogen-bond donors (Lipinski definition) is 2. The summed E-state index contributed by atoms with van der Waals surface area (Å²) in [5.74, 6) is 0.871. The summed E-state index contributed by atoms with van der Waals surface area (Å²) in [5, 5.41) is 19.4. The fourth-order valence-electron chi connectivity index (χ4n) is 4.52. The van der Waals surface area contributed by atoms with Gasteiger partial charge in [-0.1, -0.05) is 66.7 Å². The molecule has 3 aromatic carbocycles. The van der Waals surface area contributed by atoms with Gasteiger partial charge in [-0.05, 0) is 72.2 Å². The van der Waals surface area contributed by atoms with Crippen LogP contribution in [0.2, 0.25) is 0 Å². The Bertz CT molecular complexity index is 1030. The van der Waals surface area contributed by atoms with E-state index in [1.54, 1.807) is 12.1 Å². The van der Waals surface area contributed by atoms with Crippen LogP contribution in [0.25, 0.3) is 11.1 Å². The fourth-order valence-corrected chi connectivity index (χ4v) is 4.52. The normalized spacial score (nSPS) is 15.5. The minimum absolute atomic E-state index is 0.159. The summed E-state index contributed by atoms with van der Waals surface area (Å²) in [7, 11) is 0. The number of rotatable bonds is 8. The molecule has 166 valence electrons. The maximum atomic E-state index is 9.84. The lowest BCUT2D eigenvalue weighted by Crippen LogP contribution is -2.48. The molecular formula is C29H33NO2. The topological polar surface area (TPSA) is 43.7 Å². The first kappa shape index (κ1) is 22.3. The average molecular weight is 428 g/mol. The van der Waals surface area contributed by atoms with Gasteiger partial charge >= 0.3 is 0 Å². The summed E-state index contributed by atoms with van der Waals surface area (Å²) in [5.41, 5.74) is 7.17. The van der Waals surface area contributed by atoms with Crippen LogP contribution in [-0.2, 0) is 0 Å². The predicted molar refractivity (Wildman–Crippen MR) is 133 cm³/mol. The zero-order chi connectivity index (χ0) is 22.5.